The molecule has 42 heavy (non-hydrogen) atoms. The SMILES string of the molecule is [CH2-]CCCCCCCC(=O)O[C@H](COC(=O)CCCCCCCCCCCCCCCCC)COP(=O)(O)OCC[NH3+]. The predicted octanol–water partition coefficient (Wildman–Crippen LogP) is 7.64. The molecule has 0 aromatic heterocycles. The first-order chi connectivity index (χ1) is 20.3. The predicted molar refractivity (Wildman–Crippen MR) is 168 cm³/mol. The van der Waals surface area contributed by atoms with Crippen molar-refractivity contribution in [2.45, 2.75) is 161 Å². The lowest BCUT2D eigenvalue weighted by molar-refractivity contribution is -0.371. The molecule has 0 rings (SSSR count). The van der Waals surface area contributed by atoms with E-state index in [2.05, 4.69) is 19.6 Å². The summed E-state index contributed by atoms with van der Waals surface area (Å²) in [5.74, 6) is -0.831. The summed E-state index contributed by atoms with van der Waals surface area (Å²) in [6, 6.07) is 0. The molecule has 0 spiro atoms. The van der Waals surface area contributed by atoms with Crippen molar-refractivity contribution in [3.8, 4) is 0 Å². The minimum atomic E-state index is -4.31. The number of hydrogen-bond acceptors (Lipinski definition) is 7. The van der Waals surface area contributed by atoms with Crippen LogP contribution in [0.1, 0.15) is 155 Å². The summed E-state index contributed by atoms with van der Waals surface area (Å²) in [6.45, 7) is 5.70. The molecule has 1 unspecified atom stereocenters. The maximum atomic E-state index is 12.3. The number of rotatable bonds is 32. The molecule has 0 aromatic carbocycles. The number of phosphoric acid groups is 1. The highest BCUT2D eigenvalue weighted by Crippen LogP contribution is 2.43. The van der Waals surface area contributed by atoms with Gasteiger partial charge in [0.25, 0.3) is 0 Å². The number of esters is 2. The zero-order valence-corrected chi connectivity index (χ0v) is 27.7. The van der Waals surface area contributed by atoms with Crippen molar-refractivity contribution in [3.63, 3.8) is 0 Å². The smallest absolute Gasteiger partial charge is 0.462 e. The highest BCUT2D eigenvalue weighted by atomic mass is 31.2. The van der Waals surface area contributed by atoms with E-state index in [1.165, 1.54) is 77.0 Å². The Morgan fingerprint density at radius 3 is 1.62 bits per heavy atom. The van der Waals surface area contributed by atoms with Gasteiger partial charge in [0.15, 0.2) is 6.10 Å². The summed E-state index contributed by atoms with van der Waals surface area (Å²) >= 11 is 0. The molecule has 4 N–H and O–H groups in total. The summed E-state index contributed by atoms with van der Waals surface area (Å²) in [7, 11) is -4.31. The number of unbranched alkanes of at least 4 members (excludes halogenated alkanes) is 19. The second kappa shape index (κ2) is 30.1. The van der Waals surface area contributed by atoms with Crippen LogP contribution in [0.25, 0.3) is 0 Å². The first-order valence-electron chi connectivity index (χ1n) is 16.9. The molecule has 10 heteroatoms. The van der Waals surface area contributed by atoms with Gasteiger partial charge in [0.1, 0.15) is 13.2 Å². The molecule has 0 amide bonds. The van der Waals surface area contributed by atoms with Crippen LogP contribution >= 0.6 is 7.82 Å². The number of phosphoric ester groups is 1. The van der Waals surface area contributed by atoms with Crippen molar-refractivity contribution in [1.82, 2.24) is 0 Å². The van der Waals surface area contributed by atoms with Gasteiger partial charge in [-0.2, -0.15) is 6.42 Å². The lowest BCUT2D eigenvalue weighted by atomic mass is 10.0. The van der Waals surface area contributed by atoms with E-state index in [0.29, 0.717) is 13.0 Å². The minimum absolute atomic E-state index is 0.0411. The second-order valence-corrected chi connectivity index (χ2v) is 12.8. The average molecular weight is 622 g/mol. The third-order valence-electron chi connectivity index (χ3n) is 7.17. The van der Waals surface area contributed by atoms with Gasteiger partial charge >= 0.3 is 19.8 Å². The van der Waals surface area contributed by atoms with E-state index in [9.17, 15) is 19.0 Å². The molecule has 250 valence electrons. The van der Waals surface area contributed by atoms with Crippen LogP contribution in [0, 0.1) is 6.92 Å². The fourth-order valence-corrected chi connectivity index (χ4v) is 5.42. The van der Waals surface area contributed by atoms with Crippen LogP contribution in [0.15, 0.2) is 0 Å². The van der Waals surface area contributed by atoms with E-state index in [0.717, 1.165) is 51.4 Å². The van der Waals surface area contributed by atoms with Crippen LogP contribution in [0.5, 0.6) is 0 Å². The van der Waals surface area contributed by atoms with E-state index in [1.807, 2.05) is 0 Å². The quantitative estimate of drug-likeness (QED) is 0.0338. The van der Waals surface area contributed by atoms with Crippen molar-refractivity contribution < 1.29 is 43.3 Å². The first-order valence-corrected chi connectivity index (χ1v) is 18.4. The molecule has 0 radical (unpaired) electrons. The molecular formula is C32H64NO8P. The summed E-state index contributed by atoms with van der Waals surface area (Å²) in [6.07, 6.45) is 24.0. The van der Waals surface area contributed by atoms with Crippen molar-refractivity contribution >= 4 is 19.8 Å². The van der Waals surface area contributed by atoms with E-state index in [-0.39, 0.29) is 32.0 Å². The van der Waals surface area contributed by atoms with E-state index >= 15 is 0 Å². The summed E-state index contributed by atoms with van der Waals surface area (Å²) in [5, 5.41) is 0. The maximum Gasteiger partial charge on any atom is 0.472 e. The third kappa shape index (κ3) is 29.1. The van der Waals surface area contributed by atoms with Gasteiger partial charge in [0.05, 0.1) is 13.2 Å². The van der Waals surface area contributed by atoms with Crippen molar-refractivity contribution in [2.24, 2.45) is 0 Å². The summed E-state index contributed by atoms with van der Waals surface area (Å²) in [4.78, 5) is 34.4. The Morgan fingerprint density at radius 1 is 0.690 bits per heavy atom. The molecule has 0 aliphatic heterocycles. The van der Waals surface area contributed by atoms with Gasteiger partial charge in [-0.25, -0.2) is 4.57 Å². The van der Waals surface area contributed by atoms with Crippen LogP contribution in [0.4, 0.5) is 0 Å². The largest absolute Gasteiger partial charge is 0.472 e. The molecule has 0 aliphatic carbocycles. The fraction of sp³-hybridized carbons (Fsp3) is 0.906. The van der Waals surface area contributed by atoms with Crippen LogP contribution < -0.4 is 5.73 Å². The molecule has 2 atom stereocenters. The van der Waals surface area contributed by atoms with Crippen molar-refractivity contribution in [1.29, 1.82) is 0 Å². The van der Waals surface area contributed by atoms with Gasteiger partial charge in [-0.15, -0.1) is 0 Å². The first kappa shape index (κ1) is 41.0. The number of carbonyl (C=O) groups is 2. The number of carbonyl (C=O) groups excluding carboxylic acids is 2. The number of quaternary nitrogens is 1. The lowest BCUT2D eigenvalue weighted by Gasteiger charge is -2.19. The minimum Gasteiger partial charge on any atom is -0.462 e. The van der Waals surface area contributed by atoms with Crippen LogP contribution in [-0.4, -0.2) is 49.3 Å². The average Bonchev–Trinajstić information content (AvgIpc) is 2.97. The van der Waals surface area contributed by atoms with Gasteiger partial charge in [-0.1, -0.05) is 122 Å². The summed E-state index contributed by atoms with van der Waals surface area (Å²) < 4.78 is 32.5. The highest BCUT2D eigenvalue weighted by Gasteiger charge is 2.26. The Bertz CT molecular complexity index is 679. The highest BCUT2D eigenvalue weighted by molar-refractivity contribution is 7.47. The molecule has 0 saturated heterocycles. The third-order valence-corrected chi connectivity index (χ3v) is 8.15. The maximum absolute atomic E-state index is 12.3. The second-order valence-electron chi connectivity index (χ2n) is 11.3. The standard InChI is InChI=1S/C32H63NO8P/c1-3-5-7-9-11-12-13-14-15-16-17-18-19-21-22-24-31(34)38-28-30(29-40-42(36,37)39-27-26-33)41-32(35)25-23-20-10-8-6-4-2/h30H,2-29,33H2,1H3,(H,36,37)/q-1/p+1/t30-/m1/s1. The Balaban J connectivity index is 4.12. The van der Waals surface area contributed by atoms with Gasteiger partial charge in [0, 0.05) is 12.8 Å². The summed E-state index contributed by atoms with van der Waals surface area (Å²) in [5.41, 5.74) is 3.55. The fourth-order valence-electron chi connectivity index (χ4n) is 4.63. The Morgan fingerprint density at radius 2 is 1.14 bits per heavy atom. The molecule has 0 saturated carbocycles. The van der Waals surface area contributed by atoms with E-state index in [1.54, 1.807) is 0 Å². The number of ether oxygens (including phenoxy) is 2. The topological polar surface area (TPSA) is 136 Å². The zero-order chi connectivity index (χ0) is 31.2. The molecule has 0 aromatic rings. The Kier molecular flexibility index (Phi) is 29.3. The molecule has 0 bridgehead atoms. The Hall–Kier alpha value is -0.990. The van der Waals surface area contributed by atoms with Crippen molar-refractivity contribution in [2.75, 3.05) is 26.4 Å². The lowest BCUT2D eigenvalue weighted by Crippen LogP contribution is -2.52. The van der Waals surface area contributed by atoms with Crippen LogP contribution in [0.3, 0.4) is 0 Å². The van der Waals surface area contributed by atoms with Crippen LogP contribution in [0.2, 0.25) is 0 Å². The molecule has 0 fully saturated rings. The van der Waals surface area contributed by atoms with Gasteiger partial charge < -0.3 is 27.0 Å². The van der Waals surface area contributed by atoms with Gasteiger partial charge in [-0.3, -0.25) is 18.6 Å². The molecular weight excluding hydrogens is 557 g/mol. The van der Waals surface area contributed by atoms with Gasteiger partial charge in [-0.05, 0) is 12.8 Å². The number of hydrogen-bond donors (Lipinski definition) is 2. The monoisotopic (exact) mass is 621 g/mol. The van der Waals surface area contributed by atoms with E-state index in [4.69, 9.17) is 18.5 Å². The molecule has 9 nitrogen and oxygen atoms in total. The van der Waals surface area contributed by atoms with Gasteiger partial charge in [0.2, 0.25) is 0 Å². The molecule has 0 aliphatic rings. The Labute approximate surface area is 257 Å². The molecule has 0 heterocycles. The van der Waals surface area contributed by atoms with Crippen molar-refractivity contribution in [3.05, 3.63) is 6.92 Å². The van der Waals surface area contributed by atoms with E-state index < -0.39 is 26.5 Å². The zero-order valence-electron chi connectivity index (χ0n) is 26.8. The normalized spacial score (nSPS) is 13.5. The van der Waals surface area contributed by atoms with Crippen LogP contribution in [-0.2, 0) is 32.7 Å².